The zero-order chi connectivity index (χ0) is 17.0. The van der Waals surface area contributed by atoms with Crippen molar-refractivity contribution in [2.75, 3.05) is 46.3 Å². The Morgan fingerprint density at radius 3 is 2.50 bits per heavy atom. The maximum atomic E-state index is 12.5. The van der Waals surface area contributed by atoms with Crippen molar-refractivity contribution in [3.05, 3.63) is 29.3 Å². The van der Waals surface area contributed by atoms with E-state index < -0.39 is 10.0 Å². The number of nitrogens with one attached hydrogen (secondary N) is 3. The third kappa shape index (κ3) is 4.57. The Balaban J connectivity index is 1.49. The molecular formula is C18H31N3O2S+2. The molecule has 0 aromatic heterocycles. The van der Waals surface area contributed by atoms with Gasteiger partial charge in [-0.05, 0) is 48.9 Å². The first-order valence-corrected chi connectivity index (χ1v) is 10.8. The minimum absolute atomic E-state index is 0.429. The fourth-order valence-corrected chi connectivity index (χ4v) is 4.91. The third-order valence-corrected chi connectivity index (χ3v) is 6.90. The molecule has 24 heavy (non-hydrogen) atoms. The molecule has 3 rings (SSSR count). The van der Waals surface area contributed by atoms with E-state index in [1.54, 1.807) is 15.9 Å². The Kier molecular flexibility index (Phi) is 5.92. The molecule has 1 fully saturated rings. The minimum atomic E-state index is -3.37. The van der Waals surface area contributed by atoms with Crippen molar-refractivity contribution in [3.63, 3.8) is 0 Å². The van der Waals surface area contributed by atoms with Crippen LogP contribution < -0.4 is 14.5 Å². The Bertz CT molecular complexity index is 652. The van der Waals surface area contributed by atoms with Crippen LogP contribution in [0, 0.1) is 0 Å². The van der Waals surface area contributed by atoms with Gasteiger partial charge in [0.25, 0.3) is 0 Å². The van der Waals surface area contributed by atoms with Crippen LogP contribution in [0.4, 0.5) is 0 Å². The second-order valence-electron chi connectivity index (χ2n) is 7.35. The Morgan fingerprint density at radius 1 is 1.04 bits per heavy atom. The lowest BCUT2D eigenvalue weighted by Crippen LogP contribution is -3.27. The third-order valence-electron chi connectivity index (χ3n) is 5.44. The highest BCUT2D eigenvalue weighted by atomic mass is 32.2. The summed E-state index contributed by atoms with van der Waals surface area (Å²) in [5.41, 5.74) is 2.54. The maximum Gasteiger partial charge on any atom is 0.240 e. The molecule has 0 radical (unpaired) electrons. The zero-order valence-electron chi connectivity index (χ0n) is 14.7. The molecule has 1 aliphatic carbocycles. The van der Waals surface area contributed by atoms with E-state index in [2.05, 4.69) is 11.8 Å². The quantitative estimate of drug-likeness (QED) is 0.554. The van der Waals surface area contributed by atoms with Crippen LogP contribution in [-0.4, -0.2) is 54.7 Å². The standard InChI is InChI=1S/C18H29N3O2S/c1-20-11-13-21(14-12-20)10-4-9-19-24(22,23)18-8-7-16-5-2-3-6-17(16)15-18/h7-8,15,19H,2-6,9-14H2,1H3/p+2. The molecule has 6 heteroatoms. The molecule has 0 atom stereocenters. The number of aryl methyl sites for hydroxylation is 2. The van der Waals surface area contributed by atoms with Crippen molar-refractivity contribution in [3.8, 4) is 0 Å². The lowest BCUT2D eigenvalue weighted by Gasteiger charge is -2.27. The first-order chi connectivity index (χ1) is 11.5. The molecule has 1 heterocycles. The van der Waals surface area contributed by atoms with Gasteiger partial charge in [-0.3, -0.25) is 0 Å². The predicted octanol–water partition coefficient (Wildman–Crippen LogP) is -1.35. The van der Waals surface area contributed by atoms with Crippen LogP contribution in [0.2, 0.25) is 0 Å². The van der Waals surface area contributed by atoms with E-state index >= 15 is 0 Å². The average Bonchev–Trinajstić information content (AvgIpc) is 2.60. The van der Waals surface area contributed by atoms with Crippen LogP contribution in [-0.2, 0) is 22.9 Å². The molecule has 1 aromatic carbocycles. The van der Waals surface area contributed by atoms with Crippen LogP contribution in [0.15, 0.2) is 23.1 Å². The van der Waals surface area contributed by atoms with E-state index in [0.29, 0.717) is 11.4 Å². The second-order valence-corrected chi connectivity index (χ2v) is 9.11. The summed E-state index contributed by atoms with van der Waals surface area (Å²) in [6, 6.07) is 5.64. The zero-order valence-corrected chi connectivity index (χ0v) is 15.6. The summed E-state index contributed by atoms with van der Waals surface area (Å²) in [6.07, 6.45) is 5.37. The number of quaternary nitrogens is 2. The number of piperazine rings is 1. The highest BCUT2D eigenvalue weighted by Crippen LogP contribution is 2.23. The van der Waals surface area contributed by atoms with Crippen LogP contribution >= 0.6 is 0 Å². The van der Waals surface area contributed by atoms with Crippen molar-refractivity contribution in [1.82, 2.24) is 4.72 Å². The molecule has 134 valence electrons. The van der Waals surface area contributed by atoms with Crippen LogP contribution in [0.3, 0.4) is 0 Å². The number of rotatable bonds is 6. The van der Waals surface area contributed by atoms with Gasteiger partial charge in [0.1, 0.15) is 26.2 Å². The number of benzene rings is 1. The van der Waals surface area contributed by atoms with Gasteiger partial charge in [-0.1, -0.05) is 6.07 Å². The van der Waals surface area contributed by atoms with E-state index in [1.807, 2.05) is 12.1 Å². The van der Waals surface area contributed by atoms with Crippen molar-refractivity contribution >= 4 is 10.0 Å². The number of hydrogen-bond acceptors (Lipinski definition) is 2. The fourth-order valence-electron chi connectivity index (χ4n) is 3.79. The van der Waals surface area contributed by atoms with Gasteiger partial charge in [0.15, 0.2) is 0 Å². The summed E-state index contributed by atoms with van der Waals surface area (Å²) < 4.78 is 27.8. The van der Waals surface area contributed by atoms with E-state index in [-0.39, 0.29) is 0 Å². The van der Waals surface area contributed by atoms with Crippen LogP contribution in [0.1, 0.15) is 30.4 Å². The molecule has 1 aliphatic heterocycles. The van der Waals surface area contributed by atoms with Crippen molar-refractivity contribution in [1.29, 1.82) is 0 Å². The highest BCUT2D eigenvalue weighted by Gasteiger charge is 2.20. The van der Waals surface area contributed by atoms with E-state index in [4.69, 9.17) is 0 Å². The molecule has 5 nitrogen and oxygen atoms in total. The monoisotopic (exact) mass is 353 g/mol. The first kappa shape index (κ1) is 17.9. The second kappa shape index (κ2) is 7.95. The summed E-state index contributed by atoms with van der Waals surface area (Å²) in [5.74, 6) is 0. The summed E-state index contributed by atoms with van der Waals surface area (Å²) in [5, 5.41) is 0. The molecule has 0 bridgehead atoms. The number of fused-ring (bicyclic) bond motifs is 1. The molecule has 1 aromatic rings. The molecule has 2 aliphatic rings. The van der Waals surface area contributed by atoms with E-state index in [9.17, 15) is 8.42 Å². The van der Waals surface area contributed by atoms with Gasteiger partial charge in [-0.15, -0.1) is 0 Å². The molecule has 0 saturated carbocycles. The lowest BCUT2D eigenvalue weighted by atomic mass is 9.92. The Morgan fingerprint density at radius 2 is 1.75 bits per heavy atom. The number of sulfonamides is 1. The van der Waals surface area contributed by atoms with Gasteiger partial charge in [-0.2, -0.15) is 0 Å². The van der Waals surface area contributed by atoms with Gasteiger partial charge < -0.3 is 9.80 Å². The van der Waals surface area contributed by atoms with Gasteiger partial charge >= 0.3 is 0 Å². The highest BCUT2D eigenvalue weighted by molar-refractivity contribution is 7.89. The molecular weight excluding hydrogens is 322 g/mol. The largest absolute Gasteiger partial charge is 0.328 e. The summed E-state index contributed by atoms with van der Waals surface area (Å²) in [6.45, 7) is 6.42. The maximum absolute atomic E-state index is 12.5. The Labute approximate surface area is 146 Å². The predicted molar refractivity (Wildman–Crippen MR) is 95.1 cm³/mol. The molecule has 0 amide bonds. The summed E-state index contributed by atoms with van der Waals surface area (Å²) in [4.78, 5) is 3.64. The summed E-state index contributed by atoms with van der Waals surface area (Å²) >= 11 is 0. The van der Waals surface area contributed by atoms with E-state index in [0.717, 1.165) is 25.8 Å². The van der Waals surface area contributed by atoms with Gasteiger partial charge in [0.05, 0.1) is 18.5 Å². The lowest BCUT2D eigenvalue weighted by molar-refractivity contribution is -1.00. The molecule has 0 spiro atoms. The van der Waals surface area contributed by atoms with Gasteiger partial charge in [0, 0.05) is 13.0 Å². The normalized spacial score (nSPS) is 24.5. The van der Waals surface area contributed by atoms with Crippen molar-refractivity contribution in [2.45, 2.75) is 37.0 Å². The first-order valence-electron chi connectivity index (χ1n) is 9.31. The van der Waals surface area contributed by atoms with Gasteiger partial charge in [0.2, 0.25) is 10.0 Å². The van der Waals surface area contributed by atoms with Gasteiger partial charge in [-0.25, -0.2) is 13.1 Å². The number of hydrogen-bond donors (Lipinski definition) is 3. The number of likely N-dealkylation sites (N-methyl/N-ethyl adjacent to an activating group) is 1. The molecule has 0 unspecified atom stereocenters. The Hall–Kier alpha value is -0.950. The van der Waals surface area contributed by atoms with Crippen LogP contribution in [0.25, 0.3) is 0 Å². The summed E-state index contributed by atoms with van der Waals surface area (Å²) in [7, 11) is -1.13. The molecule has 1 saturated heterocycles. The SMILES string of the molecule is C[NH+]1CC[NH+](CCCNS(=O)(=O)c2ccc3c(c2)CCCC3)CC1. The van der Waals surface area contributed by atoms with Crippen molar-refractivity contribution < 1.29 is 18.2 Å². The molecule has 3 N–H and O–H groups in total. The van der Waals surface area contributed by atoms with Crippen LogP contribution in [0.5, 0.6) is 0 Å². The minimum Gasteiger partial charge on any atom is -0.328 e. The average molecular weight is 354 g/mol. The van der Waals surface area contributed by atoms with Crippen molar-refractivity contribution in [2.24, 2.45) is 0 Å². The smallest absolute Gasteiger partial charge is 0.240 e. The van der Waals surface area contributed by atoms with E-state index in [1.165, 1.54) is 50.1 Å². The topological polar surface area (TPSA) is 55.1 Å². The fraction of sp³-hybridized carbons (Fsp3) is 0.667.